The highest BCUT2D eigenvalue weighted by molar-refractivity contribution is 5.80. The van der Waals surface area contributed by atoms with Crippen LogP contribution >= 0.6 is 0 Å². The van der Waals surface area contributed by atoms with Gasteiger partial charge in [-0.15, -0.1) is 0 Å². The van der Waals surface area contributed by atoms with Crippen molar-refractivity contribution in [3.05, 3.63) is 76.5 Å². The minimum atomic E-state index is -0.443. The molecule has 0 spiro atoms. The molecule has 3 rings (SSSR count). The zero-order valence-electron chi connectivity index (χ0n) is 11.9. The fourth-order valence-corrected chi connectivity index (χ4v) is 2.00. The van der Waals surface area contributed by atoms with E-state index >= 15 is 0 Å². The van der Waals surface area contributed by atoms with Crippen LogP contribution in [-0.4, -0.2) is 16.2 Å². The van der Waals surface area contributed by atoms with Crippen molar-refractivity contribution in [1.29, 1.82) is 0 Å². The fourth-order valence-electron chi connectivity index (χ4n) is 2.00. The van der Waals surface area contributed by atoms with Crippen molar-refractivity contribution in [2.24, 2.45) is 4.99 Å². The van der Waals surface area contributed by atoms with Gasteiger partial charge in [-0.2, -0.15) is 0 Å². The molecule has 0 aliphatic carbocycles. The van der Waals surface area contributed by atoms with Crippen LogP contribution in [0.3, 0.4) is 0 Å². The average Bonchev–Trinajstić information content (AvgIpc) is 3.03. The molecule has 1 aromatic heterocycles. The predicted octanol–water partition coefficient (Wildman–Crippen LogP) is 4.31. The van der Waals surface area contributed by atoms with Gasteiger partial charge in [0.2, 0.25) is 0 Å². The van der Waals surface area contributed by atoms with Gasteiger partial charge in [0.1, 0.15) is 17.3 Å². The predicted molar refractivity (Wildman–Crippen MR) is 86.2 cm³/mol. The Balaban J connectivity index is 1.77. The normalized spacial score (nSPS) is 11.0. The third-order valence-corrected chi connectivity index (χ3v) is 3.18. The molecule has 0 fully saturated rings. The zero-order chi connectivity index (χ0) is 16.2. The molecule has 0 aliphatic rings. The zero-order valence-corrected chi connectivity index (χ0v) is 11.9. The first kappa shape index (κ1) is 14.5. The molecule has 0 saturated heterocycles. The molecule has 0 atom stereocenters. The van der Waals surface area contributed by atoms with E-state index in [4.69, 9.17) is 4.42 Å². The second-order valence-electron chi connectivity index (χ2n) is 4.78. The molecule has 0 aliphatic heterocycles. The Labute approximate surface area is 131 Å². The number of non-ortho nitro benzene ring substituents is 1. The molecule has 6 heteroatoms. The molecule has 0 radical (unpaired) electrons. The molecule has 6 nitrogen and oxygen atoms in total. The van der Waals surface area contributed by atoms with Crippen LogP contribution in [0.25, 0.3) is 11.3 Å². The third-order valence-electron chi connectivity index (χ3n) is 3.18. The molecule has 0 unspecified atom stereocenters. The summed E-state index contributed by atoms with van der Waals surface area (Å²) in [6.07, 6.45) is 1.57. The van der Waals surface area contributed by atoms with Gasteiger partial charge >= 0.3 is 0 Å². The third kappa shape index (κ3) is 3.44. The first-order valence-corrected chi connectivity index (χ1v) is 6.79. The van der Waals surface area contributed by atoms with E-state index in [-0.39, 0.29) is 11.4 Å². The van der Waals surface area contributed by atoms with Crippen LogP contribution in [0.2, 0.25) is 0 Å². The van der Waals surface area contributed by atoms with Crippen molar-refractivity contribution in [3.8, 4) is 17.1 Å². The van der Waals surface area contributed by atoms with E-state index in [0.717, 1.165) is 5.56 Å². The molecule has 23 heavy (non-hydrogen) atoms. The van der Waals surface area contributed by atoms with Crippen LogP contribution in [-0.2, 0) is 0 Å². The summed E-state index contributed by atoms with van der Waals surface area (Å²) in [7, 11) is 0. The quantitative estimate of drug-likeness (QED) is 0.442. The lowest BCUT2D eigenvalue weighted by atomic mass is 10.1. The van der Waals surface area contributed by atoms with E-state index in [2.05, 4.69) is 4.99 Å². The van der Waals surface area contributed by atoms with Crippen molar-refractivity contribution in [2.45, 2.75) is 0 Å². The number of aromatic hydroxyl groups is 1. The molecular formula is C17H12N2O4. The van der Waals surface area contributed by atoms with Crippen molar-refractivity contribution >= 4 is 17.6 Å². The van der Waals surface area contributed by atoms with Gasteiger partial charge < -0.3 is 9.52 Å². The summed E-state index contributed by atoms with van der Waals surface area (Å²) in [5.41, 5.74) is 1.48. The van der Waals surface area contributed by atoms with E-state index in [9.17, 15) is 15.2 Å². The maximum Gasteiger partial charge on any atom is 0.269 e. The number of nitrogens with zero attached hydrogens (tertiary/aromatic N) is 2. The Morgan fingerprint density at radius 3 is 2.35 bits per heavy atom. The highest BCUT2D eigenvalue weighted by Crippen LogP contribution is 2.24. The lowest BCUT2D eigenvalue weighted by Crippen LogP contribution is -1.86. The molecule has 1 N–H and O–H groups in total. The summed E-state index contributed by atoms with van der Waals surface area (Å²) in [4.78, 5) is 14.4. The monoisotopic (exact) mass is 308 g/mol. The highest BCUT2D eigenvalue weighted by Gasteiger charge is 2.07. The Bertz CT molecular complexity index is 849. The van der Waals surface area contributed by atoms with Gasteiger partial charge in [0, 0.05) is 17.7 Å². The lowest BCUT2D eigenvalue weighted by molar-refractivity contribution is -0.384. The number of benzene rings is 2. The first-order valence-electron chi connectivity index (χ1n) is 6.79. The molecule has 1 heterocycles. The second kappa shape index (κ2) is 6.15. The largest absolute Gasteiger partial charge is 0.508 e. The van der Waals surface area contributed by atoms with Crippen LogP contribution in [0.15, 0.2) is 70.1 Å². The second-order valence-corrected chi connectivity index (χ2v) is 4.78. The Kier molecular flexibility index (Phi) is 3.88. The van der Waals surface area contributed by atoms with Crippen molar-refractivity contribution in [1.82, 2.24) is 0 Å². The van der Waals surface area contributed by atoms with Crippen LogP contribution in [0.5, 0.6) is 5.75 Å². The van der Waals surface area contributed by atoms with Crippen LogP contribution in [0.4, 0.5) is 11.4 Å². The number of nitro benzene ring substituents is 1. The molecule has 0 amide bonds. The van der Waals surface area contributed by atoms with E-state index in [1.54, 1.807) is 54.7 Å². The smallest absolute Gasteiger partial charge is 0.269 e. The Morgan fingerprint density at radius 1 is 1.00 bits per heavy atom. The summed E-state index contributed by atoms with van der Waals surface area (Å²) >= 11 is 0. The fraction of sp³-hybridized carbons (Fsp3) is 0. The maximum absolute atomic E-state index is 10.6. The average molecular weight is 308 g/mol. The van der Waals surface area contributed by atoms with Gasteiger partial charge in [0.05, 0.1) is 16.8 Å². The topological polar surface area (TPSA) is 88.9 Å². The van der Waals surface area contributed by atoms with Crippen LogP contribution in [0, 0.1) is 10.1 Å². The molecule has 0 saturated carbocycles. The minimum absolute atomic E-state index is 0.0365. The number of hydrogen-bond donors (Lipinski definition) is 1. The summed E-state index contributed by atoms with van der Waals surface area (Å²) in [5.74, 6) is 1.35. The number of hydrogen-bond acceptors (Lipinski definition) is 5. The van der Waals surface area contributed by atoms with Gasteiger partial charge in [0.15, 0.2) is 0 Å². The van der Waals surface area contributed by atoms with E-state index in [1.165, 1.54) is 12.1 Å². The van der Waals surface area contributed by atoms with Gasteiger partial charge in [0.25, 0.3) is 5.69 Å². The van der Waals surface area contributed by atoms with E-state index < -0.39 is 4.92 Å². The van der Waals surface area contributed by atoms with Crippen LogP contribution < -0.4 is 0 Å². The van der Waals surface area contributed by atoms with Gasteiger partial charge in [-0.25, -0.2) is 0 Å². The van der Waals surface area contributed by atoms with Gasteiger partial charge in [-0.3, -0.25) is 15.1 Å². The molecule has 2 aromatic carbocycles. The van der Waals surface area contributed by atoms with E-state index in [0.29, 0.717) is 17.2 Å². The minimum Gasteiger partial charge on any atom is -0.508 e. The number of furan rings is 1. The summed E-state index contributed by atoms with van der Waals surface area (Å²) in [5, 5.41) is 19.9. The highest BCUT2D eigenvalue weighted by atomic mass is 16.6. The lowest BCUT2D eigenvalue weighted by Gasteiger charge is -1.96. The van der Waals surface area contributed by atoms with Crippen molar-refractivity contribution < 1.29 is 14.4 Å². The number of aliphatic imine (C=N–C) groups is 1. The SMILES string of the molecule is O=[N+]([O-])c1ccc(-c2ccc(C=Nc3ccc(O)cc3)o2)cc1. The molecule has 0 bridgehead atoms. The standard InChI is InChI=1S/C17H12N2O4/c20-15-7-3-13(4-8-15)18-11-16-9-10-17(23-16)12-1-5-14(6-2-12)19(21)22/h1-11,20H. The van der Waals surface area contributed by atoms with E-state index in [1.807, 2.05) is 0 Å². The van der Waals surface area contributed by atoms with Crippen molar-refractivity contribution in [3.63, 3.8) is 0 Å². The molecular weight excluding hydrogens is 296 g/mol. The summed E-state index contributed by atoms with van der Waals surface area (Å²) < 4.78 is 5.65. The van der Waals surface area contributed by atoms with Crippen LogP contribution in [0.1, 0.15) is 5.76 Å². The Morgan fingerprint density at radius 2 is 1.70 bits per heavy atom. The Hall–Kier alpha value is -3.41. The maximum atomic E-state index is 10.6. The van der Waals surface area contributed by atoms with Gasteiger partial charge in [-0.1, -0.05) is 0 Å². The first-order chi connectivity index (χ1) is 11.1. The molecule has 3 aromatic rings. The number of nitro groups is 1. The van der Waals surface area contributed by atoms with Gasteiger partial charge in [-0.05, 0) is 48.5 Å². The molecule has 114 valence electrons. The number of phenols is 1. The number of phenolic OH excluding ortho intramolecular Hbond substituents is 1. The summed E-state index contributed by atoms with van der Waals surface area (Å²) in [6.45, 7) is 0. The van der Waals surface area contributed by atoms with Crippen molar-refractivity contribution in [2.75, 3.05) is 0 Å². The number of rotatable bonds is 4. The summed E-state index contributed by atoms with van der Waals surface area (Å²) in [6, 6.07) is 16.2.